The Hall–Kier alpha value is -1.14. The Kier molecular flexibility index (Phi) is 3.45. The van der Waals surface area contributed by atoms with Crippen LogP contribution < -0.4 is 10.2 Å². The molecule has 0 unspecified atom stereocenters. The Labute approximate surface area is 120 Å². The molecule has 19 heavy (non-hydrogen) atoms. The first kappa shape index (κ1) is 12.9. The Morgan fingerprint density at radius 2 is 2.11 bits per heavy atom. The zero-order valence-electron chi connectivity index (χ0n) is 10.6. The molecule has 1 fully saturated rings. The van der Waals surface area contributed by atoms with E-state index in [2.05, 4.69) is 42.7 Å². The van der Waals surface area contributed by atoms with Gasteiger partial charge in [0.1, 0.15) is 4.60 Å². The summed E-state index contributed by atoms with van der Waals surface area (Å²) in [4.78, 5) is 11.1. The van der Waals surface area contributed by atoms with Crippen LogP contribution in [0.4, 0.5) is 11.6 Å². The lowest BCUT2D eigenvalue weighted by Gasteiger charge is -2.40. The van der Waals surface area contributed by atoms with Crippen LogP contribution in [-0.4, -0.2) is 33.8 Å². The predicted molar refractivity (Wildman–Crippen MR) is 78.1 cm³/mol. The van der Waals surface area contributed by atoms with Gasteiger partial charge in [0, 0.05) is 11.7 Å². The van der Waals surface area contributed by atoms with E-state index in [1.165, 1.54) is 0 Å². The summed E-state index contributed by atoms with van der Waals surface area (Å²) < 4.78 is 0.726. The summed E-state index contributed by atoms with van der Waals surface area (Å²) in [5, 5.41) is 12.9. The van der Waals surface area contributed by atoms with Crippen molar-refractivity contribution in [1.82, 2.24) is 9.97 Å². The van der Waals surface area contributed by atoms with Crippen LogP contribution in [0.15, 0.2) is 23.1 Å². The topological polar surface area (TPSA) is 61.3 Å². The first-order chi connectivity index (χ1) is 9.15. The minimum Gasteiger partial charge on any atom is -0.393 e. The van der Waals surface area contributed by atoms with E-state index in [0.29, 0.717) is 12.6 Å². The Bertz CT molecular complexity index is 499. The molecule has 0 atom stereocenters. The molecule has 0 aromatic carbocycles. The number of hydrogen-bond donors (Lipinski definition) is 2. The standard InChI is InChI=1S/C13H17BrN4O/c1-8-6-15-12-13(17-11(14)7-16-12)18(8)9-2-4-10(19)5-3-9/h7,9-10,19H,1-6H2,(H,15,16)/i6+1,8+1. The Morgan fingerprint density at radius 1 is 1.37 bits per heavy atom. The van der Waals surface area contributed by atoms with Gasteiger partial charge in [-0.2, -0.15) is 0 Å². The highest BCUT2D eigenvalue weighted by molar-refractivity contribution is 9.10. The Morgan fingerprint density at radius 3 is 2.84 bits per heavy atom. The van der Waals surface area contributed by atoms with Gasteiger partial charge < -0.3 is 15.3 Å². The van der Waals surface area contributed by atoms with Gasteiger partial charge in [0.15, 0.2) is 11.6 Å². The lowest BCUT2D eigenvalue weighted by molar-refractivity contribution is 0.122. The molecule has 0 radical (unpaired) electrons. The molecule has 6 heteroatoms. The van der Waals surface area contributed by atoms with Crippen LogP contribution in [0.3, 0.4) is 0 Å². The van der Waals surface area contributed by atoms with E-state index in [1.807, 2.05) is 0 Å². The molecule has 3 rings (SSSR count). The molecule has 1 saturated carbocycles. The summed E-state index contributed by atoms with van der Waals surface area (Å²) in [6.07, 6.45) is 5.17. The van der Waals surface area contributed by atoms with Crippen molar-refractivity contribution in [2.24, 2.45) is 0 Å². The summed E-state index contributed by atoms with van der Waals surface area (Å²) in [5.41, 5.74) is 1.02. The third-order valence-corrected chi connectivity index (χ3v) is 4.17. The van der Waals surface area contributed by atoms with Crippen LogP contribution in [0.2, 0.25) is 0 Å². The number of aliphatic hydroxyl groups excluding tert-OH is 1. The van der Waals surface area contributed by atoms with Gasteiger partial charge in [-0.05, 0) is 41.6 Å². The predicted octanol–water partition coefficient (Wildman–Crippen LogP) is 2.29. The molecule has 2 aliphatic rings. The van der Waals surface area contributed by atoms with Crippen LogP contribution in [-0.2, 0) is 0 Å². The van der Waals surface area contributed by atoms with Crippen molar-refractivity contribution in [3.8, 4) is 0 Å². The maximum atomic E-state index is 9.64. The first-order valence-corrected chi connectivity index (χ1v) is 7.36. The van der Waals surface area contributed by atoms with Gasteiger partial charge in [-0.15, -0.1) is 0 Å². The van der Waals surface area contributed by atoms with E-state index >= 15 is 0 Å². The summed E-state index contributed by atoms with van der Waals surface area (Å²) in [5.74, 6) is 1.65. The third-order valence-electron chi connectivity index (χ3n) is 3.78. The highest BCUT2D eigenvalue weighted by Gasteiger charge is 2.31. The molecule has 2 heterocycles. The van der Waals surface area contributed by atoms with Crippen molar-refractivity contribution in [1.29, 1.82) is 0 Å². The number of rotatable bonds is 1. The minimum atomic E-state index is -0.152. The van der Waals surface area contributed by atoms with E-state index < -0.39 is 0 Å². The second-order valence-electron chi connectivity index (χ2n) is 5.12. The molecule has 0 amide bonds. The zero-order valence-corrected chi connectivity index (χ0v) is 12.2. The van der Waals surface area contributed by atoms with Gasteiger partial charge in [-0.1, -0.05) is 6.58 Å². The molecular weight excluding hydrogens is 310 g/mol. The van der Waals surface area contributed by atoms with Crippen molar-refractivity contribution < 1.29 is 5.11 Å². The van der Waals surface area contributed by atoms with Crippen LogP contribution in [0.5, 0.6) is 0 Å². The monoisotopic (exact) mass is 326 g/mol. The van der Waals surface area contributed by atoms with E-state index in [1.54, 1.807) is 6.20 Å². The van der Waals surface area contributed by atoms with Gasteiger partial charge in [0.05, 0.1) is 18.8 Å². The van der Waals surface area contributed by atoms with Gasteiger partial charge in [-0.25, -0.2) is 9.97 Å². The lowest BCUT2D eigenvalue weighted by atomic mass is 9.92. The quantitative estimate of drug-likeness (QED) is 0.775. The van der Waals surface area contributed by atoms with E-state index in [9.17, 15) is 5.11 Å². The van der Waals surface area contributed by atoms with Crippen molar-refractivity contribution in [2.45, 2.75) is 37.8 Å². The fraction of sp³-hybridized carbons (Fsp3) is 0.538. The summed E-state index contributed by atoms with van der Waals surface area (Å²) in [6.45, 7) is 4.83. The minimum absolute atomic E-state index is 0.152. The largest absolute Gasteiger partial charge is 0.393 e. The van der Waals surface area contributed by atoms with Crippen molar-refractivity contribution in [3.63, 3.8) is 0 Å². The Balaban J connectivity index is 1.92. The number of aromatic nitrogens is 2. The molecule has 1 aromatic heterocycles. The molecular formula is C13H17BrN4O. The zero-order chi connectivity index (χ0) is 13.4. The number of anilines is 2. The number of hydrogen-bond acceptors (Lipinski definition) is 5. The van der Waals surface area contributed by atoms with Gasteiger partial charge in [0.25, 0.3) is 0 Å². The molecule has 1 aromatic rings. The van der Waals surface area contributed by atoms with E-state index in [-0.39, 0.29) is 6.10 Å². The van der Waals surface area contributed by atoms with Crippen molar-refractivity contribution >= 4 is 27.6 Å². The number of aliphatic hydroxyl groups is 1. The maximum absolute atomic E-state index is 9.64. The fourth-order valence-corrected chi connectivity index (χ4v) is 3.09. The normalized spacial score (nSPS) is 26.8. The first-order valence-electron chi connectivity index (χ1n) is 6.56. The van der Waals surface area contributed by atoms with Crippen LogP contribution in [0.1, 0.15) is 25.7 Å². The highest BCUT2D eigenvalue weighted by atomic mass is 79.9. The van der Waals surface area contributed by atoms with Crippen molar-refractivity contribution in [3.05, 3.63) is 23.1 Å². The van der Waals surface area contributed by atoms with Crippen LogP contribution in [0.25, 0.3) is 0 Å². The summed E-state index contributed by atoms with van der Waals surface area (Å²) in [6, 6.07) is 0.361. The second-order valence-corrected chi connectivity index (χ2v) is 5.93. The van der Waals surface area contributed by atoms with E-state index in [4.69, 9.17) is 0 Å². The number of fused-ring (bicyclic) bond motifs is 1. The highest BCUT2D eigenvalue weighted by Crippen LogP contribution is 2.35. The smallest absolute Gasteiger partial charge is 0.177 e. The molecule has 0 saturated heterocycles. The molecule has 5 nitrogen and oxygen atoms in total. The molecule has 102 valence electrons. The number of halogens is 1. The van der Waals surface area contributed by atoms with Gasteiger partial charge in [-0.3, -0.25) is 0 Å². The average Bonchev–Trinajstić information content (AvgIpc) is 2.40. The second kappa shape index (κ2) is 5.09. The molecule has 0 spiro atoms. The molecule has 0 bridgehead atoms. The average molecular weight is 327 g/mol. The third kappa shape index (κ3) is 2.47. The fourth-order valence-electron chi connectivity index (χ4n) is 2.82. The summed E-state index contributed by atoms with van der Waals surface area (Å²) >= 11 is 3.37. The number of nitrogens with zero attached hydrogens (tertiary/aromatic N) is 3. The van der Waals surface area contributed by atoms with Crippen LogP contribution in [0, 0.1) is 0 Å². The van der Waals surface area contributed by atoms with E-state index in [0.717, 1.165) is 47.6 Å². The van der Waals surface area contributed by atoms with Gasteiger partial charge >= 0.3 is 0 Å². The molecule has 1 aliphatic carbocycles. The lowest BCUT2D eigenvalue weighted by Crippen LogP contribution is -2.43. The molecule has 1 aliphatic heterocycles. The van der Waals surface area contributed by atoms with Crippen molar-refractivity contribution in [2.75, 3.05) is 16.8 Å². The maximum Gasteiger partial charge on any atom is 0.177 e. The molecule has 2 N–H and O–H groups in total. The summed E-state index contributed by atoms with van der Waals surface area (Å²) in [7, 11) is 0. The van der Waals surface area contributed by atoms with Gasteiger partial charge in [0.2, 0.25) is 0 Å². The number of nitrogens with one attached hydrogen (secondary N) is 1. The van der Waals surface area contributed by atoms with Crippen LogP contribution >= 0.6 is 15.9 Å². The SMILES string of the molecule is C=[13C]1[13CH2]Nc2ncc(Br)nc2N1C1CCC(O)CC1.